The van der Waals surface area contributed by atoms with Crippen LogP contribution >= 0.6 is 0 Å². The van der Waals surface area contributed by atoms with E-state index in [0.29, 0.717) is 5.69 Å². The summed E-state index contributed by atoms with van der Waals surface area (Å²) in [6.07, 6.45) is 1.42. The van der Waals surface area contributed by atoms with E-state index >= 15 is 0 Å². The van der Waals surface area contributed by atoms with Crippen LogP contribution in [0.2, 0.25) is 0 Å². The zero-order chi connectivity index (χ0) is 17.0. The van der Waals surface area contributed by atoms with Crippen LogP contribution in [0.25, 0.3) is 0 Å². The number of sulfonamides is 1. The molecular formula is C16H20N2O4S. The van der Waals surface area contributed by atoms with Crippen molar-refractivity contribution in [2.24, 2.45) is 7.05 Å². The molecule has 124 valence electrons. The molecular weight excluding hydrogens is 316 g/mol. The molecule has 0 saturated carbocycles. The largest absolute Gasteiger partial charge is 0.461 e. The fourth-order valence-corrected chi connectivity index (χ4v) is 3.84. The van der Waals surface area contributed by atoms with Gasteiger partial charge >= 0.3 is 5.97 Å². The first kappa shape index (κ1) is 17.1. The maximum Gasteiger partial charge on any atom is 0.354 e. The van der Waals surface area contributed by atoms with Gasteiger partial charge in [-0.25, -0.2) is 13.2 Å². The van der Waals surface area contributed by atoms with Crippen LogP contribution < -0.4 is 4.31 Å². The molecule has 0 aliphatic carbocycles. The van der Waals surface area contributed by atoms with Crippen LogP contribution in [0.15, 0.2) is 47.5 Å². The van der Waals surface area contributed by atoms with Gasteiger partial charge in [-0.15, -0.1) is 0 Å². The van der Waals surface area contributed by atoms with E-state index in [4.69, 9.17) is 4.74 Å². The summed E-state index contributed by atoms with van der Waals surface area (Å²) < 4.78 is 33.4. The van der Waals surface area contributed by atoms with E-state index in [1.165, 1.54) is 21.1 Å². The van der Waals surface area contributed by atoms with Crippen molar-refractivity contribution in [2.45, 2.75) is 18.7 Å². The molecule has 2 aromatic rings. The minimum Gasteiger partial charge on any atom is -0.461 e. The zero-order valence-corrected chi connectivity index (χ0v) is 14.2. The monoisotopic (exact) mass is 336 g/mol. The highest BCUT2D eigenvalue weighted by atomic mass is 32.2. The minimum absolute atomic E-state index is 0.0637. The lowest BCUT2D eigenvalue weighted by Gasteiger charge is -2.22. The third-order valence-corrected chi connectivity index (χ3v) is 5.25. The van der Waals surface area contributed by atoms with Gasteiger partial charge in [0, 0.05) is 19.8 Å². The highest BCUT2D eigenvalue weighted by molar-refractivity contribution is 7.92. The third kappa shape index (κ3) is 3.39. The fourth-order valence-electron chi connectivity index (χ4n) is 2.30. The molecule has 1 heterocycles. The molecule has 0 saturated heterocycles. The fraction of sp³-hybridized carbons (Fsp3) is 0.312. The van der Waals surface area contributed by atoms with Crippen LogP contribution in [0.1, 0.15) is 24.3 Å². The number of anilines is 1. The number of hydrogen-bond acceptors (Lipinski definition) is 4. The number of aryl methyl sites for hydroxylation is 1. The summed E-state index contributed by atoms with van der Waals surface area (Å²) in [5.74, 6) is -0.542. The van der Waals surface area contributed by atoms with Crippen LogP contribution in [0.3, 0.4) is 0 Å². The highest BCUT2D eigenvalue weighted by Crippen LogP contribution is 2.24. The van der Waals surface area contributed by atoms with Gasteiger partial charge in [-0.1, -0.05) is 18.2 Å². The number of esters is 1. The number of hydrogen-bond donors (Lipinski definition) is 0. The van der Waals surface area contributed by atoms with E-state index in [-0.39, 0.29) is 23.7 Å². The number of carbonyl (C=O) groups is 1. The normalized spacial score (nSPS) is 11.3. The Labute approximate surface area is 136 Å². The predicted octanol–water partition coefficient (Wildman–Crippen LogP) is 2.42. The van der Waals surface area contributed by atoms with E-state index in [1.54, 1.807) is 45.2 Å². The summed E-state index contributed by atoms with van der Waals surface area (Å²) in [5, 5.41) is 0. The van der Waals surface area contributed by atoms with Crippen molar-refractivity contribution < 1.29 is 17.9 Å². The SMILES string of the molecule is CCOC(=O)c1cc(S(=O)(=O)N(CC)c2ccccc2)cn1C. The Morgan fingerprint density at radius 2 is 1.87 bits per heavy atom. The van der Waals surface area contributed by atoms with Gasteiger partial charge in [-0.3, -0.25) is 4.31 Å². The maximum absolute atomic E-state index is 12.9. The molecule has 0 amide bonds. The zero-order valence-electron chi connectivity index (χ0n) is 13.4. The van der Waals surface area contributed by atoms with Crippen molar-refractivity contribution >= 4 is 21.7 Å². The molecule has 7 heteroatoms. The molecule has 0 radical (unpaired) electrons. The maximum atomic E-state index is 12.9. The Kier molecular flexibility index (Phi) is 5.10. The smallest absolute Gasteiger partial charge is 0.354 e. The van der Waals surface area contributed by atoms with Crippen LogP contribution in [0.4, 0.5) is 5.69 Å². The van der Waals surface area contributed by atoms with Crippen LogP contribution in [-0.2, 0) is 21.8 Å². The van der Waals surface area contributed by atoms with Crippen LogP contribution in [0, 0.1) is 0 Å². The first-order valence-corrected chi connectivity index (χ1v) is 8.77. The molecule has 0 N–H and O–H groups in total. The first-order valence-electron chi connectivity index (χ1n) is 7.33. The van der Waals surface area contributed by atoms with Gasteiger partial charge in [-0.05, 0) is 32.0 Å². The molecule has 1 aromatic carbocycles. The second kappa shape index (κ2) is 6.87. The summed E-state index contributed by atoms with van der Waals surface area (Å²) in [7, 11) is -2.13. The molecule has 0 atom stereocenters. The number of para-hydroxylation sites is 1. The Bertz CT molecular complexity index is 782. The van der Waals surface area contributed by atoms with Gasteiger partial charge in [0.05, 0.1) is 12.3 Å². The Morgan fingerprint density at radius 1 is 1.22 bits per heavy atom. The molecule has 6 nitrogen and oxygen atoms in total. The molecule has 0 aliphatic heterocycles. The standard InChI is InChI=1S/C16H20N2O4S/c1-4-18(13-9-7-6-8-10-13)23(20,21)14-11-15(17(3)12-14)16(19)22-5-2/h6-12H,4-5H2,1-3H3. The van der Waals surface area contributed by atoms with E-state index < -0.39 is 16.0 Å². The summed E-state index contributed by atoms with van der Waals surface area (Å²) in [5.41, 5.74) is 0.783. The molecule has 0 spiro atoms. The van der Waals surface area contributed by atoms with Crippen LogP contribution in [-0.4, -0.2) is 32.1 Å². The van der Waals surface area contributed by atoms with Gasteiger partial charge in [0.25, 0.3) is 10.0 Å². The number of benzene rings is 1. The molecule has 0 fully saturated rings. The topological polar surface area (TPSA) is 68.6 Å². The average Bonchev–Trinajstić information content (AvgIpc) is 2.92. The lowest BCUT2D eigenvalue weighted by atomic mass is 10.3. The molecule has 0 aliphatic rings. The van der Waals surface area contributed by atoms with Gasteiger partial charge < -0.3 is 9.30 Å². The Balaban J connectivity index is 2.43. The first-order chi connectivity index (χ1) is 10.9. The van der Waals surface area contributed by atoms with Crippen molar-refractivity contribution in [3.63, 3.8) is 0 Å². The van der Waals surface area contributed by atoms with E-state index in [1.807, 2.05) is 6.07 Å². The molecule has 2 rings (SSSR count). The number of ether oxygens (including phenoxy) is 1. The second-order valence-electron chi connectivity index (χ2n) is 4.90. The number of nitrogens with zero attached hydrogens (tertiary/aromatic N) is 2. The van der Waals surface area contributed by atoms with Gasteiger partial charge in [0.15, 0.2) is 0 Å². The minimum atomic E-state index is -3.75. The Morgan fingerprint density at radius 3 is 2.43 bits per heavy atom. The van der Waals surface area contributed by atoms with Gasteiger partial charge in [0.2, 0.25) is 0 Å². The van der Waals surface area contributed by atoms with Gasteiger partial charge in [-0.2, -0.15) is 0 Å². The average molecular weight is 336 g/mol. The summed E-state index contributed by atoms with van der Waals surface area (Å²) in [6.45, 7) is 3.99. The molecule has 23 heavy (non-hydrogen) atoms. The van der Waals surface area contributed by atoms with Crippen molar-refractivity contribution in [1.29, 1.82) is 0 Å². The summed E-state index contributed by atoms with van der Waals surface area (Å²) in [6, 6.07) is 10.2. The van der Waals surface area contributed by atoms with E-state index in [2.05, 4.69) is 0 Å². The van der Waals surface area contributed by atoms with Gasteiger partial charge in [0.1, 0.15) is 10.6 Å². The molecule has 1 aromatic heterocycles. The lowest BCUT2D eigenvalue weighted by Crippen LogP contribution is -2.30. The van der Waals surface area contributed by atoms with Crippen LogP contribution in [0.5, 0.6) is 0 Å². The lowest BCUT2D eigenvalue weighted by molar-refractivity contribution is 0.0515. The van der Waals surface area contributed by atoms with E-state index in [9.17, 15) is 13.2 Å². The summed E-state index contributed by atoms with van der Waals surface area (Å²) in [4.78, 5) is 11.9. The molecule has 0 bridgehead atoms. The Hall–Kier alpha value is -2.28. The van der Waals surface area contributed by atoms with Crippen molar-refractivity contribution in [3.8, 4) is 0 Å². The van der Waals surface area contributed by atoms with E-state index in [0.717, 1.165) is 0 Å². The third-order valence-electron chi connectivity index (χ3n) is 3.38. The quantitative estimate of drug-likeness (QED) is 0.760. The van der Waals surface area contributed by atoms with Crippen molar-refractivity contribution in [3.05, 3.63) is 48.3 Å². The second-order valence-corrected chi connectivity index (χ2v) is 6.76. The highest BCUT2D eigenvalue weighted by Gasteiger charge is 2.27. The van der Waals surface area contributed by atoms with Crippen molar-refractivity contribution in [2.75, 3.05) is 17.5 Å². The molecule has 0 unspecified atom stereocenters. The number of carbonyl (C=O) groups excluding carboxylic acids is 1. The number of rotatable bonds is 6. The summed E-state index contributed by atoms with van der Waals surface area (Å²) >= 11 is 0. The number of aromatic nitrogens is 1. The predicted molar refractivity (Wildman–Crippen MR) is 88.0 cm³/mol. The van der Waals surface area contributed by atoms with Crippen molar-refractivity contribution in [1.82, 2.24) is 4.57 Å².